The number of hydrogen-bond acceptors (Lipinski definition) is 4. The number of hydrogen-bond donors (Lipinski definition) is 2. The first-order valence-electron chi connectivity index (χ1n) is 9.67. The summed E-state index contributed by atoms with van der Waals surface area (Å²) in [5.41, 5.74) is 1.65. The van der Waals surface area contributed by atoms with Crippen LogP contribution in [0.25, 0.3) is 10.9 Å². The van der Waals surface area contributed by atoms with Crippen LogP contribution < -0.4 is 5.32 Å². The van der Waals surface area contributed by atoms with E-state index >= 15 is 0 Å². The minimum Gasteiger partial charge on any atom is -0.391 e. The molecule has 1 saturated carbocycles. The van der Waals surface area contributed by atoms with E-state index in [1.165, 1.54) is 0 Å². The fraction of sp³-hybridized carbons (Fsp3) is 0.429. The SMILES string of the molecule is COCCn1ccc2c(C(=O)N[C@@H]3CC(Cn4ccnc4)C[C@H]3O)cccc21. The molecule has 0 saturated heterocycles. The van der Waals surface area contributed by atoms with Crippen molar-refractivity contribution in [3.8, 4) is 0 Å². The van der Waals surface area contributed by atoms with E-state index in [1.54, 1.807) is 19.6 Å². The molecule has 1 aliphatic carbocycles. The van der Waals surface area contributed by atoms with Gasteiger partial charge in [-0.1, -0.05) is 6.07 Å². The van der Waals surface area contributed by atoms with Crippen molar-refractivity contribution < 1.29 is 14.6 Å². The van der Waals surface area contributed by atoms with Gasteiger partial charge in [0.1, 0.15) is 0 Å². The van der Waals surface area contributed by atoms with E-state index in [0.29, 0.717) is 24.5 Å². The molecule has 1 fully saturated rings. The van der Waals surface area contributed by atoms with Crippen molar-refractivity contribution in [2.45, 2.75) is 38.1 Å². The molecule has 2 heterocycles. The van der Waals surface area contributed by atoms with E-state index in [1.807, 2.05) is 41.2 Å². The lowest BCUT2D eigenvalue weighted by Gasteiger charge is -2.17. The molecule has 0 aliphatic heterocycles. The normalized spacial score (nSPS) is 22.0. The molecule has 2 aromatic heterocycles. The van der Waals surface area contributed by atoms with Gasteiger partial charge in [0, 0.05) is 55.3 Å². The minimum atomic E-state index is -0.525. The van der Waals surface area contributed by atoms with Crippen LogP contribution in [0.4, 0.5) is 0 Å². The number of ether oxygens (including phenoxy) is 1. The lowest BCUT2D eigenvalue weighted by Crippen LogP contribution is -2.40. The Bertz CT molecular complexity index is 934. The van der Waals surface area contributed by atoms with Crippen molar-refractivity contribution in [1.82, 2.24) is 19.4 Å². The zero-order valence-electron chi connectivity index (χ0n) is 16.0. The predicted molar refractivity (Wildman–Crippen MR) is 106 cm³/mol. The van der Waals surface area contributed by atoms with Gasteiger partial charge in [-0.15, -0.1) is 0 Å². The van der Waals surface area contributed by atoms with Gasteiger partial charge >= 0.3 is 0 Å². The summed E-state index contributed by atoms with van der Waals surface area (Å²) in [4.78, 5) is 17.0. The van der Waals surface area contributed by atoms with E-state index in [4.69, 9.17) is 4.74 Å². The molecule has 1 unspecified atom stereocenters. The van der Waals surface area contributed by atoms with E-state index in [-0.39, 0.29) is 11.9 Å². The van der Waals surface area contributed by atoms with Crippen molar-refractivity contribution in [2.24, 2.45) is 5.92 Å². The number of nitrogens with zero attached hydrogens (tertiary/aromatic N) is 3. The monoisotopic (exact) mass is 382 g/mol. The Labute approximate surface area is 163 Å². The second-order valence-corrected chi connectivity index (χ2v) is 7.48. The fourth-order valence-electron chi connectivity index (χ4n) is 4.17. The number of fused-ring (bicyclic) bond motifs is 1. The molecule has 0 radical (unpaired) electrons. The van der Waals surface area contributed by atoms with Crippen LogP contribution in [0.2, 0.25) is 0 Å². The first-order chi connectivity index (χ1) is 13.7. The molecule has 28 heavy (non-hydrogen) atoms. The predicted octanol–water partition coefficient (Wildman–Crippen LogP) is 2.05. The van der Waals surface area contributed by atoms with Crippen molar-refractivity contribution in [3.63, 3.8) is 0 Å². The van der Waals surface area contributed by atoms with Gasteiger partial charge in [-0.25, -0.2) is 4.98 Å². The molecule has 1 amide bonds. The second kappa shape index (κ2) is 8.16. The van der Waals surface area contributed by atoms with Crippen LogP contribution in [0.1, 0.15) is 23.2 Å². The van der Waals surface area contributed by atoms with Gasteiger partial charge in [-0.05, 0) is 37.0 Å². The molecule has 2 N–H and O–H groups in total. The summed E-state index contributed by atoms with van der Waals surface area (Å²) in [5.74, 6) is 0.183. The quantitative estimate of drug-likeness (QED) is 0.655. The molecule has 3 atom stereocenters. The van der Waals surface area contributed by atoms with Crippen molar-refractivity contribution in [1.29, 1.82) is 0 Å². The van der Waals surface area contributed by atoms with Gasteiger partial charge in [0.05, 0.1) is 25.1 Å². The maximum absolute atomic E-state index is 12.9. The molecule has 4 rings (SSSR count). The number of aromatic nitrogens is 3. The Morgan fingerprint density at radius 2 is 2.21 bits per heavy atom. The molecule has 7 nitrogen and oxygen atoms in total. The Hall–Kier alpha value is -2.64. The first-order valence-corrected chi connectivity index (χ1v) is 9.67. The first kappa shape index (κ1) is 18.7. The van der Waals surface area contributed by atoms with Crippen LogP contribution >= 0.6 is 0 Å². The number of carbonyl (C=O) groups is 1. The molecule has 0 bridgehead atoms. The standard InChI is InChI=1S/C21H26N4O3/c1-28-10-9-25-7-5-16-17(3-2-4-19(16)25)21(27)23-18-11-15(12-20(18)26)13-24-8-6-22-14-24/h2-8,14-15,18,20,26H,9-13H2,1H3,(H,23,27)/t15?,18-,20-/m1/s1. The Kier molecular flexibility index (Phi) is 5.45. The number of aliphatic hydroxyl groups excluding tert-OH is 1. The van der Waals surface area contributed by atoms with Crippen LogP contribution in [0, 0.1) is 5.92 Å². The minimum absolute atomic E-state index is 0.137. The highest BCUT2D eigenvalue weighted by Crippen LogP contribution is 2.28. The van der Waals surface area contributed by atoms with Gasteiger partial charge in [0.2, 0.25) is 0 Å². The second-order valence-electron chi connectivity index (χ2n) is 7.48. The van der Waals surface area contributed by atoms with Gasteiger partial charge in [-0.2, -0.15) is 0 Å². The number of amides is 1. The summed E-state index contributed by atoms with van der Waals surface area (Å²) in [6.07, 6.45) is 8.36. The summed E-state index contributed by atoms with van der Waals surface area (Å²) in [7, 11) is 1.68. The topological polar surface area (TPSA) is 81.3 Å². The third-order valence-corrected chi connectivity index (χ3v) is 5.57. The van der Waals surface area contributed by atoms with Crippen molar-refractivity contribution >= 4 is 16.8 Å². The molecule has 0 spiro atoms. The van der Waals surface area contributed by atoms with Gasteiger partial charge in [0.25, 0.3) is 5.91 Å². The Morgan fingerprint density at radius 3 is 3.00 bits per heavy atom. The number of aliphatic hydroxyl groups is 1. The van der Waals surface area contributed by atoms with Crippen LogP contribution in [0.3, 0.4) is 0 Å². The number of methoxy groups -OCH3 is 1. The van der Waals surface area contributed by atoms with Crippen molar-refractivity contribution in [3.05, 3.63) is 54.7 Å². The summed E-state index contributed by atoms with van der Waals surface area (Å²) >= 11 is 0. The van der Waals surface area contributed by atoms with E-state index in [9.17, 15) is 9.90 Å². The van der Waals surface area contributed by atoms with Crippen LogP contribution in [-0.4, -0.2) is 51.0 Å². The Balaban J connectivity index is 1.45. The lowest BCUT2D eigenvalue weighted by atomic mass is 10.1. The van der Waals surface area contributed by atoms with Crippen LogP contribution in [-0.2, 0) is 17.8 Å². The van der Waals surface area contributed by atoms with E-state index in [0.717, 1.165) is 30.4 Å². The number of benzene rings is 1. The zero-order valence-corrected chi connectivity index (χ0v) is 16.0. The lowest BCUT2D eigenvalue weighted by molar-refractivity contribution is 0.0874. The van der Waals surface area contributed by atoms with E-state index < -0.39 is 6.10 Å². The molecule has 1 aromatic carbocycles. The number of rotatable bonds is 7. The summed E-state index contributed by atoms with van der Waals surface area (Å²) in [5, 5.41) is 14.4. The Morgan fingerprint density at radius 1 is 1.32 bits per heavy atom. The average molecular weight is 382 g/mol. The van der Waals surface area contributed by atoms with Gasteiger partial charge in [0.15, 0.2) is 0 Å². The highest BCUT2D eigenvalue weighted by Gasteiger charge is 2.34. The molecule has 148 valence electrons. The molecule has 1 aliphatic rings. The average Bonchev–Trinajstić information content (AvgIpc) is 3.41. The third-order valence-electron chi connectivity index (χ3n) is 5.57. The highest BCUT2D eigenvalue weighted by atomic mass is 16.5. The number of nitrogens with one attached hydrogen (secondary N) is 1. The van der Waals surface area contributed by atoms with Crippen molar-refractivity contribution in [2.75, 3.05) is 13.7 Å². The third kappa shape index (κ3) is 3.81. The fourth-order valence-corrected chi connectivity index (χ4v) is 4.17. The van der Waals surface area contributed by atoms with Crippen LogP contribution in [0.15, 0.2) is 49.2 Å². The number of carbonyl (C=O) groups excluding carboxylic acids is 1. The maximum atomic E-state index is 12.9. The summed E-state index contributed by atoms with van der Waals surface area (Å²) < 4.78 is 9.26. The van der Waals surface area contributed by atoms with Gasteiger partial charge in [-0.3, -0.25) is 4.79 Å². The highest BCUT2D eigenvalue weighted by molar-refractivity contribution is 6.06. The molecule has 7 heteroatoms. The molecule has 3 aromatic rings. The molecular formula is C21H26N4O3. The van der Waals surface area contributed by atoms with Gasteiger partial charge < -0.3 is 24.3 Å². The summed E-state index contributed by atoms with van der Waals surface area (Å²) in [6, 6.07) is 7.47. The molecular weight excluding hydrogens is 356 g/mol. The zero-order chi connectivity index (χ0) is 19.5. The largest absolute Gasteiger partial charge is 0.391 e. The smallest absolute Gasteiger partial charge is 0.252 e. The summed E-state index contributed by atoms with van der Waals surface area (Å²) in [6.45, 7) is 2.16. The van der Waals surface area contributed by atoms with E-state index in [2.05, 4.69) is 14.9 Å². The van der Waals surface area contributed by atoms with Crippen LogP contribution in [0.5, 0.6) is 0 Å². The number of imidazole rings is 1. The maximum Gasteiger partial charge on any atom is 0.252 e.